The third kappa shape index (κ3) is 3.26. The van der Waals surface area contributed by atoms with Crippen LogP contribution in [0.2, 0.25) is 5.02 Å². The number of ether oxygens (including phenoxy) is 1. The summed E-state index contributed by atoms with van der Waals surface area (Å²) in [6.07, 6.45) is -0.136. The molecule has 3 heterocycles. The predicted molar refractivity (Wildman–Crippen MR) is 103 cm³/mol. The molecule has 0 radical (unpaired) electrons. The number of aromatic nitrogens is 2. The number of carbonyl (C=O) groups excluding carboxylic acids is 2. The van der Waals surface area contributed by atoms with Crippen molar-refractivity contribution in [3.8, 4) is 17.3 Å². The third-order valence-electron chi connectivity index (χ3n) is 4.10. The van der Waals surface area contributed by atoms with E-state index >= 15 is 0 Å². The third-order valence-corrected chi connectivity index (χ3v) is 5.45. The van der Waals surface area contributed by atoms with E-state index in [0.29, 0.717) is 33.0 Å². The van der Waals surface area contributed by atoms with E-state index in [1.165, 1.54) is 0 Å². The van der Waals surface area contributed by atoms with Gasteiger partial charge in [0.05, 0.1) is 29.7 Å². The van der Waals surface area contributed by atoms with E-state index in [1.807, 2.05) is 6.07 Å². The largest absolute Gasteiger partial charge is 0.458 e. The molecule has 1 atom stereocenters. The molecule has 1 aromatic carbocycles. The topological polar surface area (TPSA) is 133 Å². The lowest BCUT2D eigenvalue weighted by molar-refractivity contribution is -0.119. The SMILES string of the molecule is NC(=O)c1sc2nc(O[C@H]3CNC(=O)C3)nc(-c3cccc(Cl)c3)c2c1N. The molecule has 8 nitrogen and oxygen atoms in total. The number of fused-ring (bicyclic) bond motifs is 1. The number of thiophene rings is 1. The maximum absolute atomic E-state index is 11.7. The van der Waals surface area contributed by atoms with E-state index < -0.39 is 5.91 Å². The Kier molecular flexibility index (Phi) is 4.33. The lowest BCUT2D eigenvalue weighted by atomic mass is 10.1. The van der Waals surface area contributed by atoms with Crippen molar-refractivity contribution in [1.29, 1.82) is 0 Å². The Morgan fingerprint density at radius 2 is 2.19 bits per heavy atom. The lowest BCUT2D eigenvalue weighted by Crippen LogP contribution is -2.21. The minimum absolute atomic E-state index is 0.0903. The summed E-state index contributed by atoms with van der Waals surface area (Å²) in [7, 11) is 0. The standard InChI is InChI=1S/C17H14ClN5O3S/c18-8-3-1-2-7(4-8)13-11-12(19)14(15(20)25)27-16(11)23-17(22-13)26-9-5-10(24)21-6-9/h1-4,9H,5-6,19H2,(H2,20,25)(H,21,24)/t9-/m1/s1. The molecule has 1 aliphatic heterocycles. The molecule has 2 amide bonds. The van der Waals surface area contributed by atoms with Crippen molar-refractivity contribution in [3.63, 3.8) is 0 Å². The van der Waals surface area contributed by atoms with Gasteiger partial charge in [0.15, 0.2) is 0 Å². The number of halogens is 1. The summed E-state index contributed by atoms with van der Waals surface area (Å²) in [5, 5.41) is 3.74. The smallest absolute Gasteiger partial charge is 0.318 e. The Morgan fingerprint density at radius 3 is 2.85 bits per heavy atom. The van der Waals surface area contributed by atoms with Crippen molar-refractivity contribution in [2.45, 2.75) is 12.5 Å². The monoisotopic (exact) mass is 403 g/mol. The van der Waals surface area contributed by atoms with Crippen LogP contribution in [0.15, 0.2) is 24.3 Å². The number of carbonyl (C=O) groups is 2. The summed E-state index contributed by atoms with van der Waals surface area (Å²) >= 11 is 7.18. The number of rotatable bonds is 4. The van der Waals surface area contributed by atoms with Crippen LogP contribution in [0.4, 0.5) is 5.69 Å². The second kappa shape index (κ2) is 6.67. The molecule has 138 valence electrons. The lowest BCUT2D eigenvalue weighted by Gasteiger charge is -2.12. The average Bonchev–Trinajstić information content (AvgIpc) is 3.17. The van der Waals surface area contributed by atoms with Crippen molar-refractivity contribution in [1.82, 2.24) is 15.3 Å². The molecule has 1 fully saturated rings. The van der Waals surface area contributed by atoms with Gasteiger partial charge in [-0.1, -0.05) is 23.7 Å². The Labute approximate surface area is 162 Å². The average molecular weight is 404 g/mol. The van der Waals surface area contributed by atoms with Gasteiger partial charge in [0.25, 0.3) is 5.91 Å². The number of hydrogen-bond donors (Lipinski definition) is 3. The van der Waals surface area contributed by atoms with Crippen LogP contribution >= 0.6 is 22.9 Å². The Morgan fingerprint density at radius 1 is 1.37 bits per heavy atom. The predicted octanol–water partition coefficient (Wildman–Crippen LogP) is 1.96. The Balaban J connectivity index is 1.89. The first-order chi connectivity index (χ1) is 12.9. The zero-order valence-corrected chi connectivity index (χ0v) is 15.4. The van der Waals surface area contributed by atoms with Crippen molar-refractivity contribution >= 4 is 50.7 Å². The number of nitrogens with one attached hydrogen (secondary N) is 1. The van der Waals surface area contributed by atoms with Crippen LogP contribution in [0.1, 0.15) is 16.1 Å². The number of hydrogen-bond acceptors (Lipinski definition) is 7. The van der Waals surface area contributed by atoms with E-state index in [4.69, 9.17) is 27.8 Å². The van der Waals surface area contributed by atoms with Gasteiger partial charge in [-0.3, -0.25) is 9.59 Å². The number of nitrogens with zero attached hydrogens (tertiary/aromatic N) is 2. The normalized spacial score (nSPS) is 16.5. The van der Waals surface area contributed by atoms with Crippen LogP contribution in [-0.2, 0) is 4.79 Å². The van der Waals surface area contributed by atoms with Crippen LogP contribution in [0.5, 0.6) is 6.01 Å². The first kappa shape index (κ1) is 17.5. The molecule has 0 bridgehead atoms. The van der Waals surface area contributed by atoms with Crippen LogP contribution in [-0.4, -0.2) is 34.4 Å². The molecule has 4 rings (SSSR count). The summed E-state index contributed by atoms with van der Waals surface area (Å²) in [6, 6.07) is 7.16. The van der Waals surface area contributed by atoms with Gasteiger partial charge in [0, 0.05) is 10.6 Å². The highest BCUT2D eigenvalue weighted by Gasteiger charge is 2.26. The van der Waals surface area contributed by atoms with E-state index in [9.17, 15) is 9.59 Å². The van der Waals surface area contributed by atoms with Crippen molar-refractivity contribution in [2.24, 2.45) is 5.73 Å². The second-order valence-corrected chi connectivity index (χ2v) is 7.44. The zero-order chi connectivity index (χ0) is 19.1. The molecule has 3 aromatic rings. The Hall–Kier alpha value is -2.91. The molecule has 0 aliphatic carbocycles. The van der Waals surface area contributed by atoms with Gasteiger partial charge >= 0.3 is 6.01 Å². The highest BCUT2D eigenvalue weighted by molar-refractivity contribution is 7.21. The first-order valence-corrected chi connectivity index (χ1v) is 9.21. The highest BCUT2D eigenvalue weighted by atomic mass is 35.5. The maximum Gasteiger partial charge on any atom is 0.318 e. The number of amides is 2. The molecule has 10 heteroatoms. The fourth-order valence-corrected chi connectivity index (χ4v) is 4.02. The summed E-state index contributed by atoms with van der Waals surface area (Å²) in [6.45, 7) is 0.381. The summed E-state index contributed by atoms with van der Waals surface area (Å²) in [5.74, 6) is -0.729. The van der Waals surface area contributed by atoms with Crippen molar-refractivity contribution in [2.75, 3.05) is 12.3 Å². The molecule has 5 N–H and O–H groups in total. The molecule has 0 spiro atoms. The molecule has 0 saturated carbocycles. The van der Waals surface area contributed by atoms with Gasteiger partial charge in [-0.2, -0.15) is 9.97 Å². The Bertz CT molecular complexity index is 1080. The van der Waals surface area contributed by atoms with Crippen LogP contribution in [0.25, 0.3) is 21.5 Å². The van der Waals surface area contributed by atoms with E-state index in [2.05, 4.69) is 15.3 Å². The van der Waals surface area contributed by atoms with E-state index in [0.717, 1.165) is 11.3 Å². The minimum atomic E-state index is -0.638. The number of nitrogen functional groups attached to an aromatic ring is 1. The van der Waals surface area contributed by atoms with Gasteiger partial charge < -0.3 is 21.5 Å². The molecule has 2 aromatic heterocycles. The van der Waals surface area contributed by atoms with Crippen molar-refractivity contribution in [3.05, 3.63) is 34.2 Å². The zero-order valence-electron chi connectivity index (χ0n) is 13.9. The highest BCUT2D eigenvalue weighted by Crippen LogP contribution is 2.39. The fourth-order valence-electron chi connectivity index (χ4n) is 2.89. The molecular weight excluding hydrogens is 390 g/mol. The van der Waals surface area contributed by atoms with E-state index in [-0.39, 0.29) is 35.0 Å². The summed E-state index contributed by atoms with van der Waals surface area (Å²) in [4.78, 5) is 32.6. The number of primary amides is 1. The first-order valence-electron chi connectivity index (χ1n) is 8.01. The maximum atomic E-state index is 11.7. The fraction of sp³-hybridized carbons (Fsp3) is 0.176. The van der Waals surface area contributed by atoms with Crippen molar-refractivity contribution < 1.29 is 14.3 Å². The summed E-state index contributed by atoms with van der Waals surface area (Å²) in [5.41, 5.74) is 13.0. The van der Waals surface area contributed by atoms with Gasteiger partial charge in [-0.25, -0.2) is 0 Å². The number of anilines is 1. The number of nitrogens with two attached hydrogens (primary N) is 2. The summed E-state index contributed by atoms with van der Waals surface area (Å²) < 4.78 is 5.77. The quantitative estimate of drug-likeness (QED) is 0.609. The van der Waals surface area contributed by atoms with Crippen LogP contribution in [0.3, 0.4) is 0 Å². The van der Waals surface area contributed by atoms with Crippen LogP contribution < -0.4 is 21.5 Å². The van der Waals surface area contributed by atoms with Gasteiger partial charge in [0.2, 0.25) is 5.91 Å². The van der Waals surface area contributed by atoms with Gasteiger partial charge in [-0.05, 0) is 12.1 Å². The van der Waals surface area contributed by atoms with Gasteiger partial charge in [0.1, 0.15) is 15.8 Å². The molecule has 27 heavy (non-hydrogen) atoms. The second-order valence-electron chi connectivity index (χ2n) is 6.00. The van der Waals surface area contributed by atoms with Crippen LogP contribution in [0, 0.1) is 0 Å². The molecule has 1 aliphatic rings. The molecule has 1 saturated heterocycles. The molecular formula is C17H14ClN5O3S. The van der Waals surface area contributed by atoms with E-state index in [1.54, 1.807) is 18.2 Å². The molecule has 0 unspecified atom stereocenters. The minimum Gasteiger partial charge on any atom is -0.458 e. The van der Waals surface area contributed by atoms with Gasteiger partial charge in [-0.15, -0.1) is 11.3 Å². The number of benzene rings is 1.